The molecule has 0 spiro atoms. The van der Waals surface area contributed by atoms with Gasteiger partial charge in [0.15, 0.2) is 5.70 Å². The van der Waals surface area contributed by atoms with Crippen molar-refractivity contribution >= 4 is 24.0 Å². The fraction of sp³-hybridized carbons (Fsp3) is 0.0909. The van der Waals surface area contributed by atoms with Crippen LogP contribution in [0.5, 0.6) is 11.5 Å². The molecule has 0 saturated carbocycles. The van der Waals surface area contributed by atoms with Crippen LogP contribution in [-0.2, 0) is 9.53 Å². The first-order valence-electron chi connectivity index (χ1n) is 8.34. The number of ether oxygens (including phenoxy) is 3. The molecule has 136 valence electrons. The molecule has 0 N–H and O–H groups in total. The molecule has 2 aromatic carbocycles. The summed E-state index contributed by atoms with van der Waals surface area (Å²) in [6.07, 6.45) is 8.62. The van der Waals surface area contributed by atoms with Crippen LogP contribution in [-0.4, -0.2) is 26.1 Å². The Labute approximate surface area is 157 Å². The van der Waals surface area contributed by atoms with Crippen molar-refractivity contribution in [2.45, 2.75) is 0 Å². The summed E-state index contributed by atoms with van der Waals surface area (Å²) in [7, 11) is 3.22. The molecule has 0 radical (unpaired) electrons. The second-order valence-electron chi connectivity index (χ2n) is 5.57. The molecule has 0 aliphatic carbocycles. The van der Waals surface area contributed by atoms with Crippen molar-refractivity contribution in [3.8, 4) is 11.5 Å². The van der Waals surface area contributed by atoms with Gasteiger partial charge in [0.25, 0.3) is 0 Å². The van der Waals surface area contributed by atoms with E-state index in [4.69, 9.17) is 14.2 Å². The van der Waals surface area contributed by atoms with Crippen LogP contribution < -0.4 is 9.47 Å². The van der Waals surface area contributed by atoms with Crippen LogP contribution >= 0.6 is 0 Å². The monoisotopic (exact) mass is 361 g/mol. The Kier molecular flexibility index (Phi) is 5.84. The van der Waals surface area contributed by atoms with E-state index in [1.54, 1.807) is 38.5 Å². The van der Waals surface area contributed by atoms with Crippen LogP contribution in [0.1, 0.15) is 11.1 Å². The lowest BCUT2D eigenvalue weighted by atomic mass is 10.2. The van der Waals surface area contributed by atoms with Crippen LogP contribution in [0.25, 0.3) is 12.2 Å². The van der Waals surface area contributed by atoms with Crippen molar-refractivity contribution in [1.82, 2.24) is 0 Å². The second kappa shape index (κ2) is 8.67. The van der Waals surface area contributed by atoms with Crippen molar-refractivity contribution in [1.29, 1.82) is 0 Å². The fourth-order valence-electron chi connectivity index (χ4n) is 2.52. The van der Waals surface area contributed by atoms with Crippen LogP contribution in [0.15, 0.2) is 77.4 Å². The van der Waals surface area contributed by atoms with Gasteiger partial charge in [0.1, 0.15) is 11.5 Å². The van der Waals surface area contributed by atoms with Gasteiger partial charge in [-0.1, -0.05) is 48.6 Å². The molecule has 3 rings (SSSR count). The first-order chi connectivity index (χ1) is 13.2. The SMILES string of the molecule is COc1ccccc1/C=C/C=C1N=C(/C=C/c2ccccc2OC)OC\1=O. The minimum absolute atomic E-state index is 0.237. The lowest BCUT2D eigenvalue weighted by Gasteiger charge is -2.02. The number of esters is 1. The highest BCUT2D eigenvalue weighted by Gasteiger charge is 2.20. The van der Waals surface area contributed by atoms with Crippen LogP contribution in [0.4, 0.5) is 0 Å². The van der Waals surface area contributed by atoms with Crippen molar-refractivity contribution < 1.29 is 19.0 Å². The summed E-state index contributed by atoms with van der Waals surface area (Å²) < 4.78 is 15.7. The summed E-state index contributed by atoms with van der Waals surface area (Å²) in [4.78, 5) is 16.2. The van der Waals surface area contributed by atoms with E-state index in [9.17, 15) is 4.79 Å². The lowest BCUT2D eigenvalue weighted by molar-refractivity contribution is -0.129. The standard InChI is InChI=1S/C22H19NO4/c1-25-19-12-5-3-8-16(19)10-7-11-18-22(24)27-21(23-18)15-14-17-9-4-6-13-20(17)26-2/h3-15H,1-2H3/b10-7+,15-14+,18-11-. The molecule has 1 aliphatic heterocycles. The van der Waals surface area contributed by atoms with Gasteiger partial charge in [0.2, 0.25) is 5.90 Å². The topological polar surface area (TPSA) is 57.1 Å². The highest BCUT2D eigenvalue weighted by Crippen LogP contribution is 2.21. The second-order valence-corrected chi connectivity index (χ2v) is 5.57. The Morgan fingerprint density at radius 1 is 0.852 bits per heavy atom. The van der Waals surface area contributed by atoms with E-state index in [0.717, 1.165) is 22.6 Å². The molecule has 2 aromatic rings. The maximum Gasteiger partial charge on any atom is 0.363 e. The first kappa shape index (κ1) is 18.2. The largest absolute Gasteiger partial charge is 0.496 e. The number of cyclic esters (lactones) is 1. The summed E-state index contributed by atoms with van der Waals surface area (Å²) in [6.45, 7) is 0. The quantitative estimate of drug-likeness (QED) is 0.569. The zero-order valence-electron chi connectivity index (χ0n) is 15.1. The Bertz CT molecular complexity index is 954. The highest BCUT2D eigenvalue weighted by atomic mass is 16.6. The Hall–Kier alpha value is -3.60. The molecule has 5 heteroatoms. The van der Waals surface area contributed by atoms with Crippen molar-refractivity contribution in [3.05, 3.63) is 83.6 Å². The maximum atomic E-state index is 12.0. The lowest BCUT2D eigenvalue weighted by Crippen LogP contribution is -2.01. The Morgan fingerprint density at radius 3 is 2.07 bits per heavy atom. The van der Waals surface area contributed by atoms with Gasteiger partial charge in [0.05, 0.1) is 14.2 Å². The van der Waals surface area contributed by atoms with Gasteiger partial charge in [-0.2, -0.15) is 0 Å². The first-order valence-corrected chi connectivity index (χ1v) is 8.34. The van der Waals surface area contributed by atoms with E-state index in [2.05, 4.69) is 4.99 Å². The molecule has 1 heterocycles. The van der Waals surface area contributed by atoms with Gasteiger partial charge in [-0.3, -0.25) is 0 Å². The number of methoxy groups -OCH3 is 2. The number of benzene rings is 2. The number of aliphatic imine (C=N–C) groups is 1. The number of nitrogens with zero attached hydrogens (tertiary/aromatic N) is 1. The number of hydrogen-bond acceptors (Lipinski definition) is 5. The molecule has 0 aromatic heterocycles. The molecule has 0 amide bonds. The third-order valence-electron chi connectivity index (χ3n) is 3.85. The van der Waals surface area contributed by atoms with Crippen LogP contribution in [0, 0.1) is 0 Å². The van der Waals surface area contributed by atoms with Gasteiger partial charge >= 0.3 is 5.97 Å². The van der Waals surface area contributed by atoms with Crippen LogP contribution in [0.2, 0.25) is 0 Å². The molecular weight excluding hydrogens is 342 g/mol. The minimum atomic E-state index is -0.487. The summed E-state index contributed by atoms with van der Waals surface area (Å²) >= 11 is 0. The predicted octanol–water partition coefficient (Wildman–Crippen LogP) is 4.27. The van der Waals surface area contributed by atoms with Gasteiger partial charge in [0, 0.05) is 17.2 Å². The third-order valence-corrected chi connectivity index (χ3v) is 3.85. The molecule has 0 atom stereocenters. The summed E-state index contributed by atoms with van der Waals surface area (Å²) in [5.74, 6) is 1.24. The number of rotatable bonds is 6. The molecule has 0 unspecified atom stereocenters. The number of carbonyl (C=O) groups excluding carboxylic acids is 1. The van der Waals surface area contributed by atoms with Gasteiger partial charge in [-0.15, -0.1) is 0 Å². The van der Waals surface area contributed by atoms with Crippen molar-refractivity contribution in [2.75, 3.05) is 14.2 Å². The van der Waals surface area contributed by atoms with E-state index >= 15 is 0 Å². The van der Waals surface area contributed by atoms with Gasteiger partial charge in [-0.25, -0.2) is 9.79 Å². The van der Waals surface area contributed by atoms with Crippen molar-refractivity contribution in [3.63, 3.8) is 0 Å². The number of para-hydroxylation sites is 2. The van der Waals surface area contributed by atoms with Crippen molar-refractivity contribution in [2.24, 2.45) is 4.99 Å². The zero-order valence-corrected chi connectivity index (χ0v) is 15.1. The summed E-state index contributed by atoms with van der Waals surface area (Å²) in [5.41, 5.74) is 2.01. The molecular formula is C22H19NO4. The number of carbonyl (C=O) groups is 1. The highest BCUT2D eigenvalue weighted by molar-refractivity contribution is 6.10. The predicted molar refractivity (Wildman–Crippen MR) is 106 cm³/mol. The molecule has 27 heavy (non-hydrogen) atoms. The van der Waals surface area contributed by atoms with Crippen LogP contribution in [0.3, 0.4) is 0 Å². The van der Waals surface area contributed by atoms with E-state index < -0.39 is 5.97 Å². The maximum absolute atomic E-state index is 12.0. The Morgan fingerprint density at radius 2 is 1.44 bits per heavy atom. The summed E-state index contributed by atoms with van der Waals surface area (Å²) in [6, 6.07) is 15.2. The average molecular weight is 361 g/mol. The Balaban J connectivity index is 1.75. The van der Waals surface area contributed by atoms with E-state index in [1.165, 1.54) is 0 Å². The average Bonchev–Trinajstić information content (AvgIpc) is 3.06. The zero-order chi connectivity index (χ0) is 19.1. The number of allylic oxidation sites excluding steroid dienone is 2. The van der Waals surface area contributed by atoms with Gasteiger partial charge in [-0.05, 0) is 24.3 Å². The third kappa shape index (κ3) is 4.52. The smallest absolute Gasteiger partial charge is 0.363 e. The normalized spacial score (nSPS) is 15.4. The molecule has 1 aliphatic rings. The number of hydrogen-bond donors (Lipinski definition) is 0. The molecule has 0 fully saturated rings. The molecule has 5 nitrogen and oxygen atoms in total. The summed E-state index contributed by atoms with van der Waals surface area (Å²) in [5, 5.41) is 0. The van der Waals surface area contributed by atoms with Gasteiger partial charge < -0.3 is 14.2 Å². The minimum Gasteiger partial charge on any atom is -0.496 e. The molecule has 0 bridgehead atoms. The van der Waals surface area contributed by atoms with E-state index in [-0.39, 0.29) is 11.6 Å². The van der Waals surface area contributed by atoms with E-state index in [1.807, 2.05) is 54.6 Å². The fourth-order valence-corrected chi connectivity index (χ4v) is 2.52. The van der Waals surface area contributed by atoms with E-state index in [0.29, 0.717) is 0 Å². The molecule has 0 saturated heterocycles.